The second-order valence-corrected chi connectivity index (χ2v) is 3.08. The summed E-state index contributed by atoms with van der Waals surface area (Å²) < 4.78 is 1.93. The van der Waals surface area contributed by atoms with Crippen molar-refractivity contribution in [1.82, 2.24) is 9.55 Å². The van der Waals surface area contributed by atoms with Crippen molar-refractivity contribution in [2.45, 2.75) is 18.3 Å². The second-order valence-electron chi connectivity index (χ2n) is 3.08. The van der Waals surface area contributed by atoms with Crippen LogP contribution in [0.1, 0.15) is 18.5 Å². The summed E-state index contributed by atoms with van der Waals surface area (Å²) >= 11 is 0. The van der Waals surface area contributed by atoms with E-state index in [2.05, 4.69) is 11.1 Å². The van der Waals surface area contributed by atoms with Crippen LogP contribution < -0.4 is 0 Å². The third-order valence-corrected chi connectivity index (χ3v) is 2.27. The Bertz CT molecular complexity index is 314. The van der Waals surface area contributed by atoms with Gasteiger partial charge in [-0.2, -0.15) is 5.26 Å². The van der Waals surface area contributed by atoms with Gasteiger partial charge in [0.1, 0.15) is 0 Å². The van der Waals surface area contributed by atoms with Crippen molar-refractivity contribution in [2.24, 2.45) is 7.05 Å². The summed E-state index contributed by atoms with van der Waals surface area (Å²) in [5.74, 6) is 0. The van der Waals surface area contributed by atoms with Gasteiger partial charge in [-0.15, -0.1) is 0 Å². The molecule has 0 saturated heterocycles. The number of hydrogen-bond donors (Lipinski definition) is 0. The molecule has 1 fully saturated rings. The Kier molecular flexibility index (Phi) is 1.08. The summed E-state index contributed by atoms with van der Waals surface area (Å²) in [6, 6.07) is 2.33. The molecule has 0 bridgehead atoms. The highest BCUT2D eigenvalue weighted by Crippen LogP contribution is 2.46. The van der Waals surface area contributed by atoms with Crippen LogP contribution >= 0.6 is 0 Å². The van der Waals surface area contributed by atoms with E-state index in [-0.39, 0.29) is 5.41 Å². The number of aryl methyl sites for hydroxylation is 1. The highest BCUT2D eigenvalue weighted by Gasteiger charge is 2.46. The Hall–Kier alpha value is -1.30. The lowest BCUT2D eigenvalue weighted by molar-refractivity contribution is 0.754. The SMILES string of the molecule is Cn1cncc1C1(C#N)CC1. The summed E-state index contributed by atoms with van der Waals surface area (Å²) in [6.45, 7) is 0. The average Bonchev–Trinajstić information content (AvgIpc) is 2.70. The van der Waals surface area contributed by atoms with Gasteiger partial charge in [0.05, 0.1) is 23.5 Å². The van der Waals surface area contributed by atoms with Crippen LogP contribution in [0.5, 0.6) is 0 Å². The molecule has 1 saturated carbocycles. The fraction of sp³-hybridized carbons (Fsp3) is 0.500. The van der Waals surface area contributed by atoms with Crippen LogP contribution in [-0.2, 0) is 12.5 Å². The molecule has 1 aromatic rings. The van der Waals surface area contributed by atoms with Gasteiger partial charge in [-0.1, -0.05) is 0 Å². The van der Waals surface area contributed by atoms with Crippen LogP contribution in [0.15, 0.2) is 12.5 Å². The van der Waals surface area contributed by atoms with Crippen LogP contribution in [0.3, 0.4) is 0 Å². The van der Waals surface area contributed by atoms with Gasteiger partial charge < -0.3 is 4.57 Å². The van der Waals surface area contributed by atoms with Gasteiger partial charge in [-0.25, -0.2) is 4.98 Å². The Morgan fingerprint density at radius 1 is 1.73 bits per heavy atom. The van der Waals surface area contributed by atoms with E-state index in [0.717, 1.165) is 18.5 Å². The zero-order chi connectivity index (χ0) is 7.90. The number of imidazole rings is 1. The molecule has 0 atom stereocenters. The van der Waals surface area contributed by atoms with E-state index in [1.807, 2.05) is 11.6 Å². The molecule has 3 heteroatoms. The largest absolute Gasteiger partial charge is 0.336 e. The maximum Gasteiger partial charge on any atom is 0.0990 e. The van der Waals surface area contributed by atoms with E-state index in [9.17, 15) is 0 Å². The van der Waals surface area contributed by atoms with Gasteiger partial charge in [-0.3, -0.25) is 0 Å². The van der Waals surface area contributed by atoms with Crippen LogP contribution in [0, 0.1) is 11.3 Å². The molecule has 3 nitrogen and oxygen atoms in total. The summed E-state index contributed by atoms with van der Waals surface area (Å²) in [5.41, 5.74) is 0.866. The lowest BCUT2D eigenvalue weighted by Crippen LogP contribution is -2.07. The fourth-order valence-electron chi connectivity index (χ4n) is 1.37. The molecule has 2 rings (SSSR count). The predicted octanol–water partition coefficient (Wildman–Crippen LogP) is 0.975. The van der Waals surface area contributed by atoms with E-state index in [1.165, 1.54) is 0 Å². The van der Waals surface area contributed by atoms with Gasteiger partial charge in [0.25, 0.3) is 0 Å². The predicted molar refractivity (Wildman–Crippen MR) is 39.7 cm³/mol. The lowest BCUT2D eigenvalue weighted by atomic mass is 10.1. The zero-order valence-corrected chi connectivity index (χ0v) is 6.41. The Labute approximate surface area is 65.3 Å². The minimum atomic E-state index is -0.189. The van der Waals surface area contributed by atoms with Crippen molar-refractivity contribution >= 4 is 0 Å². The second kappa shape index (κ2) is 1.85. The monoisotopic (exact) mass is 147 g/mol. The normalized spacial score (nSPS) is 19.3. The molecule has 0 radical (unpaired) electrons. The van der Waals surface area contributed by atoms with E-state index in [4.69, 9.17) is 5.26 Å². The molecule has 56 valence electrons. The number of rotatable bonds is 1. The van der Waals surface area contributed by atoms with E-state index >= 15 is 0 Å². The van der Waals surface area contributed by atoms with E-state index in [0.29, 0.717) is 0 Å². The molecule has 1 aliphatic carbocycles. The molecule has 0 aliphatic heterocycles. The van der Waals surface area contributed by atoms with Gasteiger partial charge in [0, 0.05) is 13.2 Å². The minimum Gasteiger partial charge on any atom is -0.336 e. The first-order valence-electron chi connectivity index (χ1n) is 3.66. The molecule has 0 unspecified atom stereocenters. The lowest BCUT2D eigenvalue weighted by Gasteiger charge is -2.04. The standard InChI is InChI=1S/C8H9N3/c1-11-6-10-4-7(11)8(5-9)2-3-8/h4,6H,2-3H2,1H3. The summed E-state index contributed by atoms with van der Waals surface area (Å²) in [5, 5.41) is 8.86. The van der Waals surface area contributed by atoms with Crippen LogP contribution in [0.4, 0.5) is 0 Å². The van der Waals surface area contributed by atoms with E-state index in [1.54, 1.807) is 12.5 Å². The molecule has 11 heavy (non-hydrogen) atoms. The molecule has 0 aromatic carbocycles. The summed E-state index contributed by atoms with van der Waals surface area (Å²) in [6.07, 6.45) is 5.51. The molecule has 0 amide bonds. The number of nitriles is 1. The molecule has 0 spiro atoms. The highest BCUT2D eigenvalue weighted by molar-refractivity contribution is 5.32. The quantitative estimate of drug-likeness (QED) is 0.594. The first kappa shape index (κ1) is 6.41. The van der Waals surface area contributed by atoms with Crippen molar-refractivity contribution in [3.05, 3.63) is 18.2 Å². The Morgan fingerprint density at radius 3 is 2.82 bits per heavy atom. The van der Waals surface area contributed by atoms with Crippen LogP contribution in [-0.4, -0.2) is 9.55 Å². The number of hydrogen-bond acceptors (Lipinski definition) is 2. The van der Waals surface area contributed by atoms with Crippen LogP contribution in [0.2, 0.25) is 0 Å². The molecule has 0 N–H and O–H groups in total. The van der Waals surface area contributed by atoms with Gasteiger partial charge in [0.2, 0.25) is 0 Å². The van der Waals surface area contributed by atoms with Crippen molar-refractivity contribution < 1.29 is 0 Å². The summed E-state index contributed by atoms with van der Waals surface area (Å²) in [4.78, 5) is 3.99. The maximum absolute atomic E-state index is 8.86. The average molecular weight is 147 g/mol. The maximum atomic E-state index is 8.86. The number of aromatic nitrogens is 2. The van der Waals surface area contributed by atoms with Gasteiger partial charge in [-0.05, 0) is 12.8 Å². The highest BCUT2D eigenvalue weighted by atomic mass is 15.0. The first-order chi connectivity index (χ1) is 5.28. The van der Waals surface area contributed by atoms with Crippen molar-refractivity contribution in [2.75, 3.05) is 0 Å². The first-order valence-corrected chi connectivity index (χ1v) is 3.66. The third-order valence-electron chi connectivity index (χ3n) is 2.27. The zero-order valence-electron chi connectivity index (χ0n) is 6.41. The Balaban J connectivity index is 2.45. The number of nitrogens with zero attached hydrogens (tertiary/aromatic N) is 3. The topological polar surface area (TPSA) is 41.6 Å². The Morgan fingerprint density at radius 2 is 2.45 bits per heavy atom. The van der Waals surface area contributed by atoms with Gasteiger partial charge in [0.15, 0.2) is 0 Å². The minimum absolute atomic E-state index is 0.189. The smallest absolute Gasteiger partial charge is 0.0990 e. The molecular formula is C8H9N3. The van der Waals surface area contributed by atoms with Crippen molar-refractivity contribution in [1.29, 1.82) is 5.26 Å². The van der Waals surface area contributed by atoms with Crippen molar-refractivity contribution in [3.63, 3.8) is 0 Å². The molecule has 1 heterocycles. The third kappa shape index (κ3) is 0.758. The molecular weight excluding hydrogens is 138 g/mol. The summed E-state index contributed by atoms with van der Waals surface area (Å²) in [7, 11) is 1.93. The molecule has 1 aliphatic rings. The molecule has 1 aromatic heterocycles. The van der Waals surface area contributed by atoms with Gasteiger partial charge >= 0.3 is 0 Å². The van der Waals surface area contributed by atoms with Crippen LogP contribution in [0.25, 0.3) is 0 Å². The van der Waals surface area contributed by atoms with E-state index < -0.39 is 0 Å². The van der Waals surface area contributed by atoms with Crippen molar-refractivity contribution in [3.8, 4) is 6.07 Å². The fourth-order valence-corrected chi connectivity index (χ4v) is 1.37.